The molecular weight excluding hydrogens is 234 g/mol. The highest BCUT2D eigenvalue weighted by Gasteiger charge is 2.20. The van der Waals surface area contributed by atoms with Gasteiger partial charge in [-0.15, -0.1) is 0 Å². The summed E-state index contributed by atoms with van der Waals surface area (Å²) in [7, 11) is 1.63. The number of carbonyl (C=O) groups is 3. The lowest BCUT2D eigenvalue weighted by Gasteiger charge is -1.96. The first-order valence-electron chi connectivity index (χ1n) is 5.72. The summed E-state index contributed by atoms with van der Waals surface area (Å²) in [6.07, 6.45) is 4.04. The Bertz CT molecular complexity index is 378. The van der Waals surface area contributed by atoms with E-state index < -0.39 is 0 Å². The van der Waals surface area contributed by atoms with Crippen LogP contribution in [0, 0.1) is 5.92 Å². The molecule has 0 aliphatic heterocycles. The number of carbonyl (C=O) groups excluding carboxylic acids is 3. The van der Waals surface area contributed by atoms with Gasteiger partial charge in [0.2, 0.25) is 0 Å². The number of likely N-dealkylation sites (N-methyl/N-ethyl adjacent to an activating group) is 1. The van der Waals surface area contributed by atoms with E-state index in [1.807, 2.05) is 0 Å². The largest absolute Gasteiger partial charge is 0.510 e. The van der Waals surface area contributed by atoms with Crippen molar-refractivity contribution in [1.29, 1.82) is 0 Å². The third-order valence-corrected chi connectivity index (χ3v) is 2.31. The molecule has 0 saturated carbocycles. The molecule has 0 atom stereocenters. The van der Waals surface area contributed by atoms with Crippen molar-refractivity contribution in [2.75, 3.05) is 7.05 Å². The van der Waals surface area contributed by atoms with Crippen molar-refractivity contribution < 1.29 is 19.5 Å². The van der Waals surface area contributed by atoms with Gasteiger partial charge in [-0.25, -0.2) is 0 Å². The van der Waals surface area contributed by atoms with Crippen LogP contribution in [-0.4, -0.2) is 30.0 Å². The maximum atomic E-state index is 10.7. The molecule has 5 heteroatoms. The Labute approximate surface area is 107 Å². The minimum absolute atomic E-state index is 0.00926. The minimum Gasteiger partial charge on any atom is -0.510 e. The number of ketones is 2. The quantitative estimate of drug-likeness (QED) is 0.583. The second-order valence-corrected chi connectivity index (χ2v) is 4.05. The average molecular weight is 253 g/mol. The van der Waals surface area contributed by atoms with E-state index in [-0.39, 0.29) is 23.2 Å². The van der Waals surface area contributed by atoms with E-state index in [2.05, 4.69) is 5.32 Å². The van der Waals surface area contributed by atoms with Gasteiger partial charge in [0, 0.05) is 25.8 Å². The summed E-state index contributed by atoms with van der Waals surface area (Å²) in [6.45, 7) is 3.58. The molecular formula is C13H19NO4. The zero-order valence-corrected chi connectivity index (χ0v) is 10.9. The number of aliphatic hydroxyl groups excluding tert-OH is 1. The molecule has 0 heterocycles. The van der Waals surface area contributed by atoms with Crippen LogP contribution in [0.1, 0.15) is 26.7 Å². The number of allylic oxidation sites excluding steroid dienone is 4. The molecule has 1 aliphatic carbocycles. The predicted molar refractivity (Wildman–Crippen MR) is 68.0 cm³/mol. The monoisotopic (exact) mass is 253 g/mol. The maximum absolute atomic E-state index is 10.7. The summed E-state index contributed by atoms with van der Waals surface area (Å²) in [5.74, 6) is 0.181. The van der Waals surface area contributed by atoms with Gasteiger partial charge in [0.25, 0.3) is 0 Å². The first-order valence-corrected chi connectivity index (χ1v) is 5.72. The first kappa shape index (κ1) is 16.1. The molecule has 0 saturated heterocycles. The van der Waals surface area contributed by atoms with Crippen LogP contribution in [0.3, 0.4) is 0 Å². The van der Waals surface area contributed by atoms with Crippen LogP contribution in [0.15, 0.2) is 23.6 Å². The van der Waals surface area contributed by atoms with Gasteiger partial charge in [-0.2, -0.15) is 0 Å². The summed E-state index contributed by atoms with van der Waals surface area (Å²) < 4.78 is 0. The summed E-state index contributed by atoms with van der Waals surface area (Å²) >= 11 is 0. The van der Waals surface area contributed by atoms with Crippen LogP contribution in [-0.2, 0) is 14.4 Å². The Balaban J connectivity index is 0.000000321. The average Bonchev–Trinajstić information content (AvgIpc) is 2.66. The van der Waals surface area contributed by atoms with Gasteiger partial charge in [0.15, 0.2) is 11.6 Å². The van der Waals surface area contributed by atoms with Crippen LogP contribution in [0.2, 0.25) is 0 Å². The third kappa shape index (κ3) is 5.43. The molecule has 0 aromatic heterocycles. The Kier molecular flexibility index (Phi) is 7.35. The SMILES string of the molecule is CC(C)C(=O)/C=C/C=O.CNC1=C(O)CCC1=O. The topological polar surface area (TPSA) is 83.5 Å². The molecule has 0 spiro atoms. The Morgan fingerprint density at radius 3 is 2.28 bits per heavy atom. The first-order chi connectivity index (χ1) is 8.43. The van der Waals surface area contributed by atoms with Gasteiger partial charge >= 0.3 is 0 Å². The summed E-state index contributed by atoms with van der Waals surface area (Å²) in [5.41, 5.74) is 0.384. The van der Waals surface area contributed by atoms with Crippen molar-refractivity contribution in [1.82, 2.24) is 5.32 Å². The molecule has 0 fully saturated rings. The maximum Gasteiger partial charge on any atom is 0.182 e. The van der Waals surface area contributed by atoms with Crippen LogP contribution < -0.4 is 5.32 Å². The van der Waals surface area contributed by atoms with Gasteiger partial charge in [-0.05, 0) is 12.2 Å². The van der Waals surface area contributed by atoms with Crippen LogP contribution in [0.25, 0.3) is 0 Å². The lowest BCUT2D eigenvalue weighted by Crippen LogP contribution is -2.12. The van der Waals surface area contributed by atoms with E-state index in [9.17, 15) is 14.4 Å². The number of rotatable bonds is 4. The van der Waals surface area contributed by atoms with Crippen molar-refractivity contribution in [2.45, 2.75) is 26.7 Å². The van der Waals surface area contributed by atoms with Crippen LogP contribution in [0.4, 0.5) is 0 Å². The van der Waals surface area contributed by atoms with Gasteiger partial charge in [0.1, 0.15) is 17.7 Å². The highest BCUT2D eigenvalue weighted by molar-refractivity contribution is 5.97. The number of aldehydes is 1. The molecule has 0 radical (unpaired) electrons. The second-order valence-electron chi connectivity index (χ2n) is 4.05. The van der Waals surface area contributed by atoms with E-state index >= 15 is 0 Å². The minimum atomic E-state index is -0.0128. The van der Waals surface area contributed by atoms with E-state index in [0.717, 1.165) is 0 Å². The Morgan fingerprint density at radius 2 is 2.00 bits per heavy atom. The zero-order valence-electron chi connectivity index (χ0n) is 10.9. The second kappa shape index (κ2) is 8.22. The van der Waals surface area contributed by atoms with Crippen LogP contribution in [0.5, 0.6) is 0 Å². The van der Waals surface area contributed by atoms with E-state index in [0.29, 0.717) is 24.8 Å². The van der Waals surface area contributed by atoms with Crippen molar-refractivity contribution >= 4 is 17.9 Å². The lowest BCUT2D eigenvalue weighted by atomic mass is 10.1. The van der Waals surface area contributed by atoms with Gasteiger partial charge in [-0.3, -0.25) is 14.4 Å². The molecule has 2 N–H and O–H groups in total. The van der Waals surface area contributed by atoms with E-state index in [1.165, 1.54) is 12.2 Å². The third-order valence-electron chi connectivity index (χ3n) is 2.31. The fourth-order valence-corrected chi connectivity index (χ4v) is 1.25. The predicted octanol–water partition coefficient (Wildman–Crippen LogP) is 1.30. The molecule has 0 aromatic rings. The van der Waals surface area contributed by atoms with Crippen molar-refractivity contribution in [3.63, 3.8) is 0 Å². The van der Waals surface area contributed by atoms with Gasteiger partial charge in [0.05, 0.1) is 0 Å². The number of nitrogens with one attached hydrogen (secondary N) is 1. The van der Waals surface area contributed by atoms with Gasteiger partial charge in [-0.1, -0.05) is 13.8 Å². The highest BCUT2D eigenvalue weighted by atomic mass is 16.3. The molecule has 5 nitrogen and oxygen atoms in total. The molecule has 0 bridgehead atoms. The van der Waals surface area contributed by atoms with E-state index in [1.54, 1.807) is 20.9 Å². The fourth-order valence-electron chi connectivity index (χ4n) is 1.25. The standard InChI is InChI=1S/C7H10O2.C6H9NO2/c1-6(2)7(9)4-3-5-8;1-7-6-4(8)2-3-5(6)9/h3-6H,1-2H3;7-8H,2-3H2,1H3/b4-3+;. The van der Waals surface area contributed by atoms with Crippen molar-refractivity contribution in [2.24, 2.45) is 5.92 Å². The summed E-state index contributed by atoms with van der Waals surface area (Å²) in [6, 6.07) is 0. The smallest absolute Gasteiger partial charge is 0.182 e. The normalized spacial score (nSPS) is 14.8. The number of hydrogen-bond acceptors (Lipinski definition) is 5. The number of aliphatic hydroxyl groups is 1. The Morgan fingerprint density at radius 1 is 1.39 bits per heavy atom. The molecule has 100 valence electrons. The Hall–Kier alpha value is -1.91. The van der Waals surface area contributed by atoms with Crippen LogP contribution >= 0.6 is 0 Å². The summed E-state index contributed by atoms with van der Waals surface area (Å²) in [4.78, 5) is 31.1. The van der Waals surface area contributed by atoms with E-state index in [4.69, 9.17) is 5.11 Å². The lowest BCUT2D eigenvalue weighted by molar-refractivity contribution is -0.117. The molecule has 18 heavy (non-hydrogen) atoms. The molecule has 1 aliphatic rings. The number of hydrogen-bond donors (Lipinski definition) is 2. The molecule has 0 aromatic carbocycles. The van der Waals surface area contributed by atoms with Gasteiger partial charge < -0.3 is 10.4 Å². The molecule has 0 amide bonds. The van der Waals surface area contributed by atoms with Crippen molar-refractivity contribution in [3.05, 3.63) is 23.6 Å². The van der Waals surface area contributed by atoms with Crippen molar-refractivity contribution in [3.8, 4) is 0 Å². The molecule has 0 unspecified atom stereocenters. The molecule has 1 rings (SSSR count). The number of Topliss-reactive ketones (excluding diaryl/α,β-unsaturated/α-hetero) is 1. The fraction of sp³-hybridized carbons (Fsp3) is 0.462. The zero-order chi connectivity index (χ0) is 14.1. The highest BCUT2D eigenvalue weighted by Crippen LogP contribution is 2.17. The summed E-state index contributed by atoms with van der Waals surface area (Å²) in [5, 5.41) is 11.6.